The highest BCUT2D eigenvalue weighted by atomic mass is 35.5. The molecule has 0 fully saturated rings. The number of benzene rings is 1. The maximum atomic E-state index is 12.1. The number of rotatable bonds is 3. The summed E-state index contributed by atoms with van der Waals surface area (Å²) in [4.78, 5) is 23.1. The average Bonchev–Trinajstić information content (AvgIpc) is 2.79. The number of halogens is 3. The van der Waals surface area contributed by atoms with E-state index < -0.39 is 18.0 Å². The van der Waals surface area contributed by atoms with Crippen LogP contribution < -0.4 is 5.63 Å². The Bertz CT molecular complexity index is 1060. The fraction of sp³-hybridized carbons (Fsp3) is 0.188. The maximum absolute atomic E-state index is 12.1. The largest absolute Gasteiger partial charge is 0.481 e. The number of carboxylic acid groups (broad SMARTS) is 1. The number of aromatic nitrogens is 2. The summed E-state index contributed by atoms with van der Waals surface area (Å²) < 4.78 is 6.65. The van der Waals surface area contributed by atoms with Crippen molar-refractivity contribution in [3.05, 3.63) is 54.4 Å². The highest BCUT2D eigenvalue weighted by Gasteiger charge is 2.22. The van der Waals surface area contributed by atoms with Crippen molar-refractivity contribution in [2.75, 3.05) is 0 Å². The highest BCUT2D eigenvalue weighted by molar-refractivity contribution is 6.40. The van der Waals surface area contributed by atoms with E-state index in [1.807, 2.05) is 0 Å². The molecule has 2 aromatic heterocycles. The van der Waals surface area contributed by atoms with Crippen molar-refractivity contribution in [1.29, 1.82) is 0 Å². The molecule has 0 atom stereocenters. The lowest BCUT2D eigenvalue weighted by Crippen LogP contribution is -2.14. The van der Waals surface area contributed by atoms with Crippen LogP contribution in [0.15, 0.2) is 21.3 Å². The lowest BCUT2D eigenvalue weighted by molar-refractivity contribution is -0.136. The van der Waals surface area contributed by atoms with Crippen LogP contribution in [-0.4, -0.2) is 20.9 Å². The van der Waals surface area contributed by atoms with E-state index in [0.29, 0.717) is 27.4 Å². The molecule has 130 valence electrons. The van der Waals surface area contributed by atoms with E-state index in [1.54, 1.807) is 13.8 Å². The third-order valence-electron chi connectivity index (χ3n) is 3.87. The van der Waals surface area contributed by atoms with Gasteiger partial charge in [-0.25, -0.2) is 9.48 Å². The minimum atomic E-state index is -1.12. The van der Waals surface area contributed by atoms with Gasteiger partial charge < -0.3 is 9.52 Å². The quantitative estimate of drug-likeness (QED) is 0.711. The standard InChI is InChI=1S/C16H11Cl3N2O4/c1-6-9(5-12(22)23)16(24)25-15-13(6)7(2)21(20-15)14-10(18)3-8(17)4-11(14)19/h3-4H,5H2,1-2H3,(H,22,23). The number of fused-ring (bicyclic) bond motifs is 1. The van der Waals surface area contributed by atoms with Gasteiger partial charge in [-0.1, -0.05) is 34.8 Å². The minimum absolute atomic E-state index is 0.0796. The van der Waals surface area contributed by atoms with Crippen LogP contribution in [0.5, 0.6) is 0 Å². The number of aryl methyl sites for hydroxylation is 2. The summed E-state index contributed by atoms with van der Waals surface area (Å²) in [6, 6.07) is 3.05. The Kier molecular flexibility index (Phi) is 4.53. The van der Waals surface area contributed by atoms with Crippen molar-refractivity contribution in [3.8, 4) is 5.69 Å². The lowest BCUT2D eigenvalue weighted by atomic mass is 10.0. The van der Waals surface area contributed by atoms with Crippen molar-refractivity contribution < 1.29 is 14.3 Å². The fourth-order valence-electron chi connectivity index (χ4n) is 2.74. The molecule has 0 bridgehead atoms. The van der Waals surface area contributed by atoms with Crippen LogP contribution in [0, 0.1) is 13.8 Å². The molecule has 1 N–H and O–H groups in total. The maximum Gasteiger partial charge on any atom is 0.341 e. The number of nitrogens with zero attached hydrogens (tertiary/aromatic N) is 2. The minimum Gasteiger partial charge on any atom is -0.481 e. The predicted octanol–water partition coefficient (Wildman–Crippen LogP) is 4.18. The van der Waals surface area contributed by atoms with Crippen molar-refractivity contribution in [1.82, 2.24) is 9.78 Å². The van der Waals surface area contributed by atoms with Gasteiger partial charge in [0.05, 0.1) is 33.1 Å². The number of carboxylic acids is 1. The smallest absolute Gasteiger partial charge is 0.341 e. The second-order valence-electron chi connectivity index (χ2n) is 5.46. The molecule has 0 saturated carbocycles. The van der Waals surface area contributed by atoms with Gasteiger partial charge in [0.1, 0.15) is 5.69 Å². The molecule has 0 aliphatic rings. The summed E-state index contributed by atoms with van der Waals surface area (Å²) in [6.07, 6.45) is -0.433. The molecule has 0 saturated heterocycles. The van der Waals surface area contributed by atoms with Crippen LogP contribution in [0.25, 0.3) is 16.8 Å². The zero-order chi connectivity index (χ0) is 18.5. The Morgan fingerprint density at radius 2 is 1.84 bits per heavy atom. The summed E-state index contributed by atoms with van der Waals surface area (Å²) in [6.45, 7) is 3.40. The first-order valence-electron chi connectivity index (χ1n) is 7.09. The second kappa shape index (κ2) is 6.37. The molecule has 0 spiro atoms. The summed E-state index contributed by atoms with van der Waals surface area (Å²) in [7, 11) is 0. The number of hydrogen-bond donors (Lipinski definition) is 1. The Morgan fingerprint density at radius 3 is 2.40 bits per heavy atom. The molecule has 25 heavy (non-hydrogen) atoms. The predicted molar refractivity (Wildman–Crippen MR) is 95.4 cm³/mol. The molecule has 2 heterocycles. The molecule has 3 rings (SSSR count). The molecule has 0 amide bonds. The topological polar surface area (TPSA) is 85.3 Å². The first kappa shape index (κ1) is 17.8. The van der Waals surface area contributed by atoms with E-state index in [2.05, 4.69) is 5.10 Å². The van der Waals surface area contributed by atoms with Crippen LogP contribution >= 0.6 is 34.8 Å². The Hall–Kier alpha value is -2.02. The number of aliphatic carboxylic acids is 1. The molecular weight excluding hydrogens is 391 g/mol. The van der Waals surface area contributed by atoms with E-state index in [4.69, 9.17) is 44.3 Å². The molecule has 3 aromatic rings. The van der Waals surface area contributed by atoms with Gasteiger partial charge in [-0.3, -0.25) is 4.79 Å². The summed E-state index contributed by atoms with van der Waals surface area (Å²) in [5.41, 5.74) is 0.924. The Labute approximate surface area is 156 Å². The Morgan fingerprint density at radius 1 is 1.24 bits per heavy atom. The van der Waals surface area contributed by atoms with Crippen LogP contribution in [-0.2, 0) is 11.2 Å². The van der Waals surface area contributed by atoms with Crippen molar-refractivity contribution in [2.45, 2.75) is 20.3 Å². The average molecular weight is 402 g/mol. The van der Waals surface area contributed by atoms with Gasteiger partial charge in [0.2, 0.25) is 5.71 Å². The van der Waals surface area contributed by atoms with Gasteiger partial charge in [0, 0.05) is 5.02 Å². The molecule has 0 aliphatic carbocycles. The Balaban J connectivity index is 2.34. The normalized spacial score (nSPS) is 11.2. The second-order valence-corrected chi connectivity index (χ2v) is 6.71. The third-order valence-corrected chi connectivity index (χ3v) is 4.66. The van der Waals surface area contributed by atoms with Gasteiger partial charge in [-0.2, -0.15) is 0 Å². The summed E-state index contributed by atoms with van der Waals surface area (Å²) in [5.74, 6) is -1.12. The molecule has 1 aromatic carbocycles. The number of carbonyl (C=O) groups is 1. The van der Waals surface area contributed by atoms with Crippen LogP contribution in [0.1, 0.15) is 16.8 Å². The molecule has 0 aliphatic heterocycles. The molecule has 6 nitrogen and oxygen atoms in total. The highest BCUT2D eigenvalue weighted by Crippen LogP contribution is 2.34. The van der Waals surface area contributed by atoms with Crippen molar-refractivity contribution >= 4 is 51.9 Å². The van der Waals surface area contributed by atoms with E-state index in [0.717, 1.165) is 0 Å². The van der Waals surface area contributed by atoms with Crippen LogP contribution in [0.3, 0.4) is 0 Å². The molecular formula is C16H11Cl3N2O4. The SMILES string of the molecule is Cc1c(CC(=O)O)c(=O)oc2nn(-c3c(Cl)cc(Cl)cc3Cl)c(C)c12. The molecule has 0 unspecified atom stereocenters. The fourth-order valence-corrected chi connectivity index (χ4v) is 3.72. The van der Waals surface area contributed by atoms with E-state index >= 15 is 0 Å². The zero-order valence-corrected chi connectivity index (χ0v) is 15.3. The van der Waals surface area contributed by atoms with Gasteiger partial charge in [0.15, 0.2) is 0 Å². The lowest BCUT2D eigenvalue weighted by Gasteiger charge is -2.09. The zero-order valence-electron chi connectivity index (χ0n) is 13.1. The van der Waals surface area contributed by atoms with Crippen LogP contribution in [0.4, 0.5) is 0 Å². The van der Waals surface area contributed by atoms with Crippen LogP contribution in [0.2, 0.25) is 15.1 Å². The summed E-state index contributed by atoms with van der Waals surface area (Å²) in [5, 5.41) is 14.7. The van der Waals surface area contributed by atoms with Crippen molar-refractivity contribution in [3.63, 3.8) is 0 Å². The van der Waals surface area contributed by atoms with E-state index in [1.165, 1.54) is 16.8 Å². The first-order chi connectivity index (χ1) is 11.7. The monoisotopic (exact) mass is 400 g/mol. The van der Waals surface area contributed by atoms with Gasteiger partial charge in [0.25, 0.3) is 0 Å². The van der Waals surface area contributed by atoms with Gasteiger partial charge >= 0.3 is 11.6 Å². The van der Waals surface area contributed by atoms with E-state index in [-0.39, 0.29) is 21.3 Å². The number of hydrogen-bond acceptors (Lipinski definition) is 4. The molecule has 9 heteroatoms. The van der Waals surface area contributed by atoms with Crippen molar-refractivity contribution in [2.24, 2.45) is 0 Å². The molecule has 0 radical (unpaired) electrons. The van der Waals surface area contributed by atoms with Gasteiger partial charge in [-0.15, -0.1) is 5.10 Å². The first-order valence-corrected chi connectivity index (χ1v) is 8.22. The van der Waals surface area contributed by atoms with Gasteiger partial charge in [-0.05, 0) is 31.5 Å². The third kappa shape index (κ3) is 3.01. The summed E-state index contributed by atoms with van der Waals surface area (Å²) >= 11 is 18.4. The van der Waals surface area contributed by atoms with E-state index in [9.17, 15) is 9.59 Å².